The lowest BCUT2D eigenvalue weighted by atomic mass is 9.67. The zero-order chi connectivity index (χ0) is 11.6. The molecule has 2 N–H and O–H groups in total. The smallest absolute Gasteiger partial charge is 0.355 e. The zero-order valence-corrected chi connectivity index (χ0v) is 10.1. The molecule has 1 saturated carbocycles. The molecule has 2 rings (SSSR count). The summed E-state index contributed by atoms with van der Waals surface area (Å²) in [6.45, 7) is 3.13. The lowest BCUT2D eigenvalue weighted by molar-refractivity contribution is 0.0691. The number of aromatic nitrogens is 1. The molecule has 0 bridgehead atoms. The molecule has 0 radical (unpaired) electrons. The standard InChI is InChI=1S/C11H16N2O2S/c1-2-11(4-3-5-11)7-12-10-13-8(6-16-10)9(14)15/h6H,2-5,7H2,1H3,(H,12,13)(H,14,15). The monoisotopic (exact) mass is 240 g/mol. The Hall–Kier alpha value is -1.10. The van der Waals surface area contributed by atoms with Crippen LogP contribution in [0.25, 0.3) is 0 Å². The van der Waals surface area contributed by atoms with E-state index in [1.54, 1.807) is 5.38 Å². The third kappa shape index (κ3) is 2.19. The van der Waals surface area contributed by atoms with Crippen molar-refractivity contribution in [2.24, 2.45) is 5.41 Å². The molecule has 0 atom stereocenters. The van der Waals surface area contributed by atoms with Crippen molar-refractivity contribution in [3.63, 3.8) is 0 Å². The number of nitrogens with one attached hydrogen (secondary N) is 1. The second-order valence-electron chi connectivity index (χ2n) is 4.40. The predicted molar refractivity (Wildman–Crippen MR) is 64.1 cm³/mol. The van der Waals surface area contributed by atoms with Gasteiger partial charge >= 0.3 is 5.97 Å². The molecule has 1 fully saturated rings. The van der Waals surface area contributed by atoms with Gasteiger partial charge in [0.1, 0.15) is 0 Å². The van der Waals surface area contributed by atoms with E-state index in [9.17, 15) is 4.79 Å². The van der Waals surface area contributed by atoms with Crippen LogP contribution in [0.2, 0.25) is 0 Å². The van der Waals surface area contributed by atoms with Crippen LogP contribution in [0.4, 0.5) is 5.13 Å². The maximum absolute atomic E-state index is 10.7. The van der Waals surface area contributed by atoms with Crippen molar-refractivity contribution >= 4 is 22.4 Å². The molecule has 0 amide bonds. The number of hydrogen-bond donors (Lipinski definition) is 2. The van der Waals surface area contributed by atoms with Crippen LogP contribution in [-0.4, -0.2) is 22.6 Å². The van der Waals surface area contributed by atoms with Gasteiger partial charge in [-0.25, -0.2) is 9.78 Å². The van der Waals surface area contributed by atoms with Crippen molar-refractivity contribution in [2.45, 2.75) is 32.6 Å². The Morgan fingerprint density at radius 1 is 1.69 bits per heavy atom. The topological polar surface area (TPSA) is 62.2 Å². The molecule has 88 valence electrons. The van der Waals surface area contributed by atoms with Crippen LogP contribution in [0.15, 0.2) is 5.38 Å². The first kappa shape index (κ1) is 11.4. The molecule has 1 aliphatic carbocycles. The first-order valence-corrected chi connectivity index (χ1v) is 6.46. The Kier molecular flexibility index (Phi) is 3.14. The van der Waals surface area contributed by atoms with Gasteiger partial charge in [0.2, 0.25) is 0 Å². The predicted octanol–water partition coefficient (Wildman–Crippen LogP) is 2.83. The molecular weight excluding hydrogens is 224 g/mol. The SMILES string of the molecule is CCC1(CNc2nc(C(=O)O)cs2)CCC1. The maximum Gasteiger partial charge on any atom is 0.355 e. The number of aromatic carboxylic acids is 1. The van der Waals surface area contributed by atoms with E-state index in [-0.39, 0.29) is 5.69 Å². The normalized spacial score (nSPS) is 17.8. The minimum atomic E-state index is -0.960. The maximum atomic E-state index is 10.7. The second-order valence-corrected chi connectivity index (χ2v) is 5.26. The Balaban J connectivity index is 1.91. The highest BCUT2D eigenvalue weighted by molar-refractivity contribution is 7.13. The lowest BCUT2D eigenvalue weighted by Crippen LogP contribution is -2.35. The van der Waals surface area contributed by atoms with E-state index in [2.05, 4.69) is 17.2 Å². The van der Waals surface area contributed by atoms with Crippen molar-refractivity contribution in [2.75, 3.05) is 11.9 Å². The zero-order valence-electron chi connectivity index (χ0n) is 9.32. The van der Waals surface area contributed by atoms with Gasteiger partial charge in [-0.05, 0) is 24.7 Å². The van der Waals surface area contributed by atoms with Crippen LogP contribution < -0.4 is 5.32 Å². The fourth-order valence-corrected chi connectivity index (χ4v) is 2.73. The molecule has 1 aliphatic rings. The van der Waals surface area contributed by atoms with Crippen LogP contribution in [0, 0.1) is 5.41 Å². The molecule has 1 heterocycles. The van der Waals surface area contributed by atoms with Crippen LogP contribution in [-0.2, 0) is 0 Å². The number of carbonyl (C=O) groups is 1. The molecule has 0 unspecified atom stereocenters. The molecule has 0 aliphatic heterocycles. The highest BCUT2D eigenvalue weighted by Gasteiger charge is 2.34. The first-order chi connectivity index (χ1) is 7.65. The number of hydrogen-bond acceptors (Lipinski definition) is 4. The number of thiazole rings is 1. The molecule has 1 aromatic heterocycles. The summed E-state index contributed by atoms with van der Waals surface area (Å²) in [7, 11) is 0. The molecule has 5 heteroatoms. The summed E-state index contributed by atoms with van der Waals surface area (Å²) in [6, 6.07) is 0. The summed E-state index contributed by atoms with van der Waals surface area (Å²) in [5.74, 6) is -0.960. The average Bonchev–Trinajstić information content (AvgIpc) is 2.65. The fourth-order valence-electron chi connectivity index (χ4n) is 2.05. The van der Waals surface area contributed by atoms with E-state index in [4.69, 9.17) is 5.11 Å². The van der Waals surface area contributed by atoms with Crippen LogP contribution in [0.5, 0.6) is 0 Å². The molecule has 0 spiro atoms. The highest BCUT2D eigenvalue weighted by Crippen LogP contribution is 2.43. The van der Waals surface area contributed by atoms with Crippen molar-refractivity contribution < 1.29 is 9.90 Å². The molecule has 0 aromatic carbocycles. The third-order valence-corrected chi connectivity index (χ3v) is 4.30. The van der Waals surface area contributed by atoms with Gasteiger partial charge in [-0.3, -0.25) is 0 Å². The Morgan fingerprint density at radius 2 is 2.44 bits per heavy atom. The van der Waals surface area contributed by atoms with Gasteiger partial charge < -0.3 is 10.4 Å². The van der Waals surface area contributed by atoms with Gasteiger partial charge in [-0.2, -0.15) is 0 Å². The van der Waals surface area contributed by atoms with Gasteiger partial charge in [-0.1, -0.05) is 13.3 Å². The average molecular weight is 240 g/mol. The summed E-state index contributed by atoms with van der Waals surface area (Å²) in [6.07, 6.45) is 5.03. The summed E-state index contributed by atoms with van der Waals surface area (Å²) in [5, 5.41) is 14.3. The Bertz CT molecular complexity index is 380. The van der Waals surface area contributed by atoms with Gasteiger partial charge in [0.05, 0.1) is 0 Å². The molecule has 4 nitrogen and oxygen atoms in total. The molecule has 16 heavy (non-hydrogen) atoms. The highest BCUT2D eigenvalue weighted by atomic mass is 32.1. The van der Waals surface area contributed by atoms with E-state index >= 15 is 0 Å². The first-order valence-electron chi connectivity index (χ1n) is 5.58. The van der Waals surface area contributed by atoms with Crippen LogP contribution >= 0.6 is 11.3 Å². The van der Waals surface area contributed by atoms with Crippen LogP contribution in [0.3, 0.4) is 0 Å². The quantitative estimate of drug-likeness (QED) is 0.830. The number of rotatable bonds is 5. The van der Waals surface area contributed by atoms with E-state index < -0.39 is 5.97 Å². The summed E-state index contributed by atoms with van der Waals surface area (Å²) in [5.41, 5.74) is 0.557. The number of carboxylic acid groups (broad SMARTS) is 1. The fraction of sp³-hybridized carbons (Fsp3) is 0.636. The summed E-state index contributed by atoms with van der Waals surface area (Å²) < 4.78 is 0. The van der Waals surface area contributed by atoms with Gasteiger partial charge in [0.25, 0.3) is 0 Å². The van der Waals surface area contributed by atoms with E-state index in [1.807, 2.05) is 0 Å². The number of nitrogens with zero attached hydrogens (tertiary/aromatic N) is 1. The number of carboxylic acids is 1. The van der Waals surface area contributed by atoms with Gasteiger partial charge in [0, 0.05) is 11.9 Å². The Morgan fingerprint density at radius 3 is 2.88 bits per heavy atom. The summed E-state index contributed by atoms with van der Waals surface area (Å²) >= 11 is 1.36. The molecule has 1 aromatic rings. The number of anilines is 1. The van der Waals surface area contributed by atoms with E-state index in [0.717, 1.165) is 11.7 Å². The van der Waals surface area contributed by atoms with Crippen molar-refractivity contribution in [3.05, 3.63) is 11.1 Å². The van der Waals surface area contributed by atoms with Crippen molar-refractivity contribution in [1.29, 1.82) is 0 Å². The minimum absolute atomic E-state index is 0.131. The lowest BCUT2D eigenvalue weighted by Gasteiger charge is -2.41. The van der Waals surface area contributed by atoms with Crippen molar-refractivity contribution in [3.8, 4) is 0 Å². The largest absolute Gasteiger partial charge is 0.476 e. The van der Waals surface area contributed by atoms with Crippen LogP contribution in [0.1, 0.15) is 43.1 Å². The molecule has 0 saturated heterocycles. The third-order valence-electron chi connectivity index (χ3n) is 3.50. The van der Waals surface area contributed by atoms with E-state index in [0.29, 0.717) is 5.41 Å². The van der Waals surface area contributed by atoms with Crippen molar-refractivity contribution in [1.82, 2.24) is 4.98 Å². The summed E-state index contributed by atoms with van der Waals surface area (Å²) in [4.78, 5) is 14.7. The Labute approximate surface area is 98.7 Å². The minimum Gasteiger partial charge on any atom is -0.476 e. The van der Waals surface area contributed by atoms with E-state index in [1.165, 1.54) is 37.0 Å². The van der Waals surface area contributed by atoms with Gasteiger partial charge in [-0.15, -0.1) is 11.3 Å². The van der Waals surface area contributed by atoms with Gasteiger partial charge in [0.15, 0.2) is 10.8 Å². The molecular formula is C11H16N2O2S. The second kappa shape index (κ2) is 4.41.